The fraction of sp³-hybridized carbons (Fsp3) is 0.154. The normalized spacial score (nSPS) is 12.2. The van der Waals surface area contributed by atoms with Crippen LogP contribution in [0.4, 0.5) is 8.78 Å². The van der Waals surface area contributed by atoms with Crippen molar-refractivity contribution in [2.75, 3.05) is 0 Å². The molecule has 3 aromatic rings. The molecular formula is C13H10ClF2N3O2. The number of aromatic nitrogens is 3. The van der Waals surface area contributed by atoms with Crippen LogP contribution in [0.25, 0.3) is 10.9 Å². The van der Waals surface area contributed by atoms with Gasteiger partial charge in [-0.05, 0) is 6.07 Å². The first-order valence-corrected chi connectivity index (χ1v) is 6.34. The van der Waals surface area contributed by atoms with E-state index in [1.165, 1.54) is 13.1 Å². The molecule has 3 rings (SSSR count). The van der Waals surface area contributed by atoms with E-state index in [9.17, 15) is 18.7 Å². The fourth-order valence-corrected chi connectivity index (χ4v) is 2.47. The number of aromatic hydroxyl groups is 1. The van der Waals surface area contributed by atoms with Gasteiger partial charge in [-0.25, -0.2) is 4.79 Å². The van der Waals surface area contributed by atoms with Crippen molar-refractivity contribution in [2.45, 2.75) is 5.92 Å². The first-order chi connectivity index (χ1) is 9.84. The molecule has 0 atom stereocenters. The van der Waals surface area contributed by atoms with Gasteiger partial charge in [-0.15, -0.1) is 0 Å². The number of rotatable bonds is 2. The van der Waals surface area contributed by atoms with Gasteiger partial charge in [-0.2, -0.15) is 8.78 Å². The summed E-state index contributed by atoms with van der Waals surface area (Å²) in [7, 11) is 1.19. The Hall–Kier alpha value is -2.28. The van der Waals surface area contributed by atoms with E-state index in [-0.39, 0.29) is 10.9 Å². The van der Waals surface area contributed by atoms with Gasteiger partial charge in [-0.1, -0.05) is 23.7 Å². The van der Waals surface area contributed by atoms with E-state index >= 15 is 0 Å². The number of nitrogens with one attached hydrogen (secondary N) is 2. The van der Waals surface area contributed by atoms with Gasteiger partial charge in [0.15, 0.2) is 5.69 Å². The van der Waals surface area contributed by atoms with Crippen LogP contribution in [0.3, 0.4) is 0 Å². The van der Waals surface area contributed by atoms with Gasteiger partial charge in [0.25, 0.3) is 0 Å². The van der Waals surface area contributed by atoms with Crippen LogP contribution in [0.15, 0.2) is 29.2 Å². The zero-order chi connectivity index (χ0) is 15.4. The van der Waals surface area contributed by atoms with Crippen LogP contribution < -0.4 is 5.69 Å². The van der Waals surface area contributed by atoms with Gasteiger partial charge in [-0.3, -0.25) is 4.57 Å². The van der Waals surface area contributed by atoms with E-state index in [2.05, 4.69) is 4.98 Å². The lowest BCUT2D eigenvalue weighted by molar-refractivity contribution is 0.0370. The number of hydrogen-bond acceptors (Lipinski definition) is 2. The minimum atomic E-state index is -3.58. The highest BCUT2D eigenvalue weighted by Gasteiger charge is 2.42. The summed E-state index contributed by atoms with van der Waals surface area (Å²) in [6.45, 7) is 0. The maximum Gasteiger partial charge on any atom is 0.328 e. The molecule has 0 amide bonds. The number of aromatic amines is 2. The highest BCUT2D eigenvalue weighted by Crippen LogP contribution is 2.42. The molecule has 0 aliphatic heterocycles. The third-order valence-electron chi connectivity index (χ3n) is 3.39. The van der Waals surface area contributed by atoms with Gasteiger partial charge >= 0.3 is 11.6 Å². The van der Waals surface area contributed by atoms with Crippen molar-refractivity contribution in [3.63, 3.8) is 0 Å². The molecule has 1 aromatic carbocycles. The Bertz CT molecular complexity index is 895. The van der Waals surface area contributed by atoms with Crippen LogP contribution in [0.2, 0.25) is 5.02 Å². The van der Waals surface area contributed by atoms with Gasteiger partial charge in [0.1, 0.15) is 0 Å². The lowest BCUT2D eigenvalue weighted by Gasteiger charge is -2.14. The Labute approximate surface area is 121 Å². The largest absolute Gasteiger partial charge is 0.493 e. The van der Waals surface area contributed by atoms with Crippen LogP contribution >= 0.6 is 11.6 Å². The summed E-state index contributed by atoms with van der Waals surface area (Å²) in [5.41, 5.74) is -1.68. The number of benzene rings is 1. The summed E-state index contributed by atoms with van der Waals surface area (Å²) >= 11 is 5.94. The van der Waals surface area contributed by atoms with E-state index in [1.807, 2.05) is 4.98 Å². The van der Waals surface area contributed by atoms with Gasteiger partial charge < -0.3 is 15.1 Å². The molecule has 0 saturated carbocycles. The molecule has 0 saturated heterocycles. The highest BCUT2D eigenvalue weighted by molar-refractivity contribution is 6.35. The van der Waals surface area contributed by atoms with Crippen molar-refractivity contribution in [1.29, 1.82) is 0 Å². The quantitative estimate of drug-likeness (QED) is 0.680. The zero-order valence-corrected chi connectivity index (χ0v) is 11.5. The van der Waals surface area contributed by atoms with E-state index in [1.54, 1.807) is 12.1 Å². The van der Waals surface area contributed by atoms with Crippen LogP contribution in [-0.4, -0.2) is 19.6 Å². The maximum atomic E-state index is 14.6. The first kappa shape index (κ1) is 13.7. The van der Waals surface area contributed by atoms with Gasteiger partial charge in [0.05, 0.1) is 16.1 Å². The molecule has 110 valence electrons. The molecule has 0 fully saturated rings. The second-order valence-corrected chi connectivity index (χ2v) is 5.03. The lowest BCUT2D eigenvalue weighted by atomic mass is 10.0. The molecule has 0 unspecified atom stereocenters. The number of halogens is 3. The summed E-state index contributed by atoms with van der Waals surface area (Å²) in [6.07, 6.45) is 1.11. The topological polar surface area (TPSA) is 73.8 Å². The predicted molar refractivity (Wildman–Crippen MR) is 74.0 cm³/mol. The molecule has 8 heteroatoms. The summed E-state index contributed by atoms with van der Waals surface area (Å²) in [5.74, 6) is -4.38. The lowest BCUT2D eigenvalue weighted by Crippen LogP contribution is -2.17. The molecule has 0 aliphatic rings. The molecular weight excluding hydrogens is 304 g/mol. The van der Waals surface area contributed by atoms with Gasteiger partial charge in [0, 0.05) is 18.6 Å². The molecule has 0 bridgehead atoms. The zero-order valence-electron chi connectivity index (χ0n) is 10.7. The Balaban J connectivity index is 2.27. The number of alkyl halides is 2. The van der Waals surface area contributed by atoms with Crippen molar-refractivity contribution in [1.82, 2.24) is 14.5 Å². The fourth-order valence-electron chi connectivity index (χ4n) is 2.24. The summed E-state index contributed by atoms with van der Waals surface area (Å²) in [6, 6.07) is 4.61. The molecule has 0 aliphatic carbocycles. The summed E-state index contributed by atoms with van der Waals surface area (Å²) < 4.78 is 30.0. The molecule has 0 spiro atoms. The third-order valence-corrected chi connectivity index (χ3v) is 3.71. The van der Waals surface area contributed by atoms with Crippen molar-refractivity contribution >= 4 is 22.5 Å². The van der Waals surface area contributed by atoms with E-state index in [0.717, 1.165) is 6.20 Å². The number of H-pyrrole nitrogens is 2. The van der Waals surface area contributed by atoms with Crippen molar-refractivity contribution in [3.8, 4) is 5.88 Å². The number of hydrogen-bond donors (Lipinski definition) is 3. The second-order valence-electron chi connectivity index (χ2n) is 4.63. The number of fused-ring (bicyclic) bond motifs is 1. The van der Waals surface area contributed by atoms with E-state index < -0.39 is 23.2 Å². The first-order valence-electron chi connectivity index (χ1n) is 5.96. The Morgan fingerprint density at radius 3 is 2.71 bits per heavy atom. The third kappa shape index (κ3) is 1.84. The SMILES string of the molecule is Cn1c(O)c(C(F)(F)c2c[nH]c3c(Cl)cccc23)[nH]c1=O. The number of para-hydroxylation sites is 1. The molecule has 0 radical (unpaired) electrons. The second kappa shape index (κ2) is 4.36. The van der Waals surface area contributed by atoms with Crippen LogP contribution in [0.1, 0.15) is 11.3 Å². The van der Waals surface area contributed by atoms with Crippen LogP contribution in [0.5, 0.6) is 5.88 Å². The van der Waals surface area contributed by atoms with Gasteiger partial charge in [0.2, 0.25) is 5.88 Å². The Morgan fingerprint density at radius 1 is 1.38 bits per heavy atom. The Kier molecular flexibility index (Phi) is 2.84. The molecule has 2 heterocycles. The van der Waals surface area contributed by atoms with E-state index in [0.29, 0.717) is 15.1 Å². The average Bonchev–Trinajstić information content (AvgIpc) is 2.98. The smallest absolute Gasteiger partial charge is 0.328 e. The minimum Gasteiger partial charge on any atom is -0.493 e. The molecule has 2 aromatic heterocycles. The summed E-state index contributed by atoms with van der Waals surface area (Å²) in [4.78, 5) is 16.0. The highest BCUT2D eigenvalue weighted by atomic mass is 35.5. The van der Waals surface area contributed by atoms with Crippen molar-refractivity contribution < 1.29 is 13.9 Å². The molecule has 3 N–H and O–H groups in total. The van der Waals surface area contributed by atoms with Crippen LogP contribution in [0, 0.1) is 0 Å². The standard InChI is InChI=1S/C13H10ClF2N3O2/c1-19-11(20)10(18-12(19)21)13(15,16)7-5-17-9-6(7)3-2-4-8(9)14/h2-5,17,20H,1H3,(H,18,21). The minimum absolute atomic E-state index is 0.219. The van der Waals surface area contributed by atoms with E-state index in [4.69, 9.17) is 11.6 Å². The summed E-state index contributed by atoms with van der Waals surface area (Å²) in [5, 5.41) is 10.2. The molecule has 21 heavy (non-hydrogen) atoms. The average molecular weight is 314 g/mol. The maximum absolute atomic E-state index is 14.6. The van der Waals surface area contributed by atoms with Crippen molar-refractivity contribution in [2.24, 2.45) is 7.05 Å². The monoisotopic (exact) mass is 313 g/mol. The Morgan fingerprint density at radius 2 is 2.10 bits per heavy atom. The predicted octanol–water partition coefficient (Wildman–Crippen LogP) is 2.69. The number of nitrogens with zero attached hydrogens (tertiary/aromatic N) is 1. The molecule has 5 nitrogen and oxygen atoms in total. The van der Waals surface area contributed by atoms with Crippen LogP contribution in [-0.2, 0) is 13.0 Å². The van der Waals surface area contributed by atoms with Crippen molar-refractivity contribution in [3.05, 3.63) is 51.2 Å². The number of imidazole rings is 1.